The third-order valence-electron chi connectivity index (χ3n) is 4.08. The zero-order chi connectivity index (χ0) is 14.9. The van der Waals surface area contributed by atoms with Gasteiger partial charge in [-0.3, -0.25) is 4.98 Å². The second kappa shape index (κ2) is 5.38. The summed E-state index contributed by atoms with van der Waals surface area (Å²) in [7, 11) is 2.15. The summed E-state index contributed by atoms with van der Waals surface area (Å²) in [5.74, 6) is 1.69. The highest BCUT2D eigenvalue weighted by atomic mass is 15.3. The highest BCUT2D eigenvalue weighted by Gasteiger charge is 2.16. The van der Waals surface area contributed by atoms with Crippen LogP contribution in [0.3, 0.4) is 0 Å². The van der Waals surface area contributed by atoms with Gasteiger partial charge in [-0.15, -0.1) is 0 Å². The lowest BCUT2D eigenvalue weighted by Crippen LogP contribution is -2.44. The fraction of sp³-hybridized carbons (Fsp3) is 0.312. The number of nitrogens with one attached hydrogen (secondary N) is 1. The molecular formula is C16H18N6. The topological polar surface area (TPSA) is 60.9 Å². The maximum atomic E-state index is 4.74. The lowest BCUT2D eigenvalue weighted by atomic mass is 10.3. The number of para-hydroxylation sites is 2. The number of fused-ring (bicyclic) bond motifs is 1. The van der Waals surface area contributed by atoms with Gasteiger partial charge in [0.2, 0.25) is 0 Å². The Labute approximate surface area is 128 Å². The number of imidazole rings is 1. The summed E-state index contributed by atoms with van der Waals surface area (Å²) < 4.78 is 0. The first kappa shape index (κ1) is 13.2. The van der Waals surface area contributed by atoms with E-state index in [0.717, 1.165) is 54.5 Å². The number of hydrogen-bond donors (Lipinski definition) is 1. The van der Waals surface area contributed by atoms with E-state index in [-0.39, 0.29) is 0 Å². The molecule has 1 N–H and O–H groups in total. The van der Waals surface area contributed by atoms with Crippen molar-refractivity contribution in [3.05, 3.63) is 36.7 Å². The molecule has 0 amide bonds. The summed E-state index contributed by atoms with van der Waals surface area (Å²) in [6.07, 6.45) is 3.59. The van der Waals surface area contributed by atoms with Gasteiger partial charge in [0.25, 0.3) is 0 Å². The third-order valence-corrected chi connectivity index (χ3v) is 4.08. The second-order valence-corrected chi connectivity index (χ2v) is 5.66. The molecule has 22 heavy (non-hydrogen) atoms. The minimum atomic E-state index is 0.768. The molecule has 0 atom stereocenters. The molecule has 2 aromatic heterocycles. The molecule has 1 saturated heterocycles. The zero-order valence-corrected chi connectivity index (χ0v) is 12.5. The molecule has 1 aliphatic heterocycles. The molecular weight excluding hydrogens is 276 g/mol. The van der Waals surface area contributed by atoms with Crippen molar-refractivity contribution in [1.82, 2.24) is 24.8 Å². The van der Waals surface area contributed by atoms with Crippen LogP contribution in [0.5, 0.6) is 0 Å². The van der Waals surface area contributed by atoms with E-state index in [1.165, 1.54) is 0 Å². The van der Waals surface area contributed by atoms with Gasteiger partial charge in [-0.25, -0.2) is 9.97 Å². The van der Waals surface area contributed by atoms with E-state index >= 15 is 0 Å². The van der Waals surface area contributed by atoms with E-state index < -0.39 is 0 Å². The molecule has 3 aromatic rings. The number of anilines is 1. The Bertz CT molecular complexity index is 755. The van der Waals surface area contributed by atoms with Crippen molar-refractivity contribution >= 4 is 16.9 Å². The summed E-state index contributed by atoms with van der Waals surface area (Å²) in [6.45, 7) is 4.07. The molecule has 6 heteroatoms. The number of H-pyrrole nitrogens is 1. The van der Waals surface area contributed by atoms with Crippen molar-refractivity contribution in [3.8, 4) is 11.5 Å². The maximum absolute atomic E-state index is 4.74. The predicted octanol–water partition coefficient (Wildman–Crippen LogP) is 1.77. The quantitative estimate of drug-likeness (QED) is 0.780. The molecule has 0 unspecified atom stereocenters. The van der Waals surface area contributed by atoms with Crippen LogP contribution in [0, 0.1) is 0 Å². The van der Waals surface area contributed by atoms with E-state index in [1.54, 1.807) is 6.20 Å². The van der Waals surface area contributed by atoms with E-state index in [0.29, 0.717) is 0 Å². The fourth-order valence-electron chi connectivity index (χ4n) is 2.73. The van der Waals surface area contributed by atoms with Crippen LogP contribution in [0.15, 0.2) is 36.7 Å². The van der Waals surface area contributed by atoms with Crippen LogP contribution < -0.4 is 4.90 Å². The van der Waals surface area contributed by atoms with Crippen molar-refractivity contribution in [2.45, 2.75) is 0 Å². The summed E-state index contributed by atoms with van der Waals surface area (Å²) in [5.41, 5.74) is 2.75. The monoisotopic (exact) mass is 294 g/mol. The molecule has 0 spiro atoms. The molecule has 4 rings (SSSR count). The third kappa shape index (κ3) is 2.42. The standard InChI is InChI=1S/C16H18N6/c1-21-6-8-22(9-7-21)15-11-17-10-14(18-15)16-19-12-4-2-3-5-13(12)20-16/h2-5,10-11H,6-9H2,1H3,(H,19,20). The molecule has 3 heterocycles. The fourth-order valence-corrected chi connectivity index (χ4v) is 2.73. The maximum Gasteiger partial charge on any atom is 0.158 e. The predicted molar refractivity (Wildman–Crippen MR) is 86.8 cm³/mol. The van der Waals surface area contributed by atoms with Crippen molar-refractivity contribution in [1.29, 1.82) is 0 Å². The number of aromatic nitrogens is 4. The lowest BCUT2D eigenvalue weighted by molar-refractivity contribution is 0.312. The van der Waals surface area contributed by atoms with E-state index in [9.17, 15) is 0 Å². The smallest absolute Gasteiger partial charge is 0.158 e. The number of nitrogens with zero attached hydrogens (tertiary/aromatic N) is 5. The van der Waals surface area contributed by atoms with E-state index in [1.807, 2.05) is 30.5 Å². The van der Waals surface area contributed by atoms with Crippen molar-refractivity contribution in [2.75, 3.05) is 38.1 Å². The molecule has 0 saturated carbocycles. The van der Waals surface area contributed by atoms with Gasteiger partial charge in [0.1, 0.15) is 11.5 Å². The minimum absolute atomic E-state index is 0.768. The van der Waals surface area contributed by atoms with Crippen LogP contribution in [0.2, 0.25) is 0 Å². The normalized spacial score (nSPS) is 16.3. The van der Waals surface area contributed by atoms with Crippen LogP contribution in [-0.4, -0.2) is 58.1 Å². The van der Waals surface area contributed by atoms with Gasteiger partial charge < -0.3 is 14.8 Å². The number of aromatic amines is 1. The van der Waals surface area contributed by atoms with Crippen LogP contribution in [0.1, 0.15) is 0 Å². The van der Waals surface area contributed by atoms with Gasteiger partial charge in [0.15, 0.2) is 5.82 Å². The number of rotatable bonds is 2. The summed E-state index contributed by atoms with van der Waals surface area (Å²) in [5, 5.41) is 0. The Balaban J connectivity index is 1.66. The molecule has 1 aromatic carbocycles. The average Bonchev–Trinajstić information content (AvgIpc) is 3.00. The molecule has 0 bridgehead atoms. The SMILES string of the molecule is CN1CCN(c2cncc(-c3nc4ccccc4[nH]3)n2)CC1. The molecule has 0 radical (unpaired) electrons. The molecule has 1 aliphatic rings. The Morgan fingerprint density at radius 1 is 1.00 bits per heavy atom. The Hall–Kier alpha value is -2.47. The van der Waals surface area contributed by atoms with Gasteiger partial charge in [0, 0.05) is 26.2 Å². The molecule has 6 nitrogen and oxygen atoms in total. The Kier molecular flexibility index (Phi) is 3.23. The molecule has 1 fully saturated rings. The van der Waals surface area contributed by atoms with Crippen molar-refractivity contribution in [2.24, 2.45) is 0 Å². The number of hydrogen-bond acceptors (Lipinski definition) is 5. The Morgan fingerprint density at radius 2 is 1.82 bits per heavy atom. The minimum Gasteiger partial charge on any atom is -0.353 e. The van der Waals surface area contributed by atoms with Gasteiger partial charge in [-0.2, -0.15) is 0 Å². The van der Waals surface area contributed by atoms with E-state index in [2.05, 4.69) is 31.8 Å². The first-order valence-corrected chi connectivity index (χ1v) is 7.50. The first-order valence-electron chi connectivity index (χ1n) is 7.50. The number of likely N-dealkylation sites (N-methyl/N-ethyl adjacent to an activating group) is 1. The van der Waals surface area contributed by atoms with Gasteiger partial charge >= 0.3 is 0 Å². The van der Waals surface area contributed by atoms with Gasteiger partial charge in [-0.1, -0.05) is 12.1 Å². The molecule has 112 valence electrons. The van der Waals surface area contributed by atoms with E-state index in [4.69, 9.17) is 4.98 Å². The van der Waals surface area contributed by atoms with Crippen LogP contribution in [0.4, 0.5) is 5.82 Å². The zero-order valence-electron chi connectivity index (χ0n) is 12.5. The van der Waals surface area contributed by atoms with Crippen LogP contribution in [0.25, 0.3) is 22.6 Å². The number of benzene rings is 1. The summed E-state index contributed by atoms with van der Waals surface area (Å²) >= 11 is 0. The highest BCUT2D eigenvalue weighted by molar-refractivity contribution is 5.78. The summed E-state index contributed by atoms with van der Waals surface area (Å²) in [6, 6.07) is 7.99. The largest absolute Gasteiger partial charge is 0.353 e. The number of piperazine rings is 1. The van der Waals surface area contributed by atoms with Gasteiger partial charge in [0.05, 0.1) is 23.4 Å². The summed E-state index contributed by atoms with van der Waals surface area (Å²) in [4.78, 5) is 21.6. The molecule has 0 aliphatic carbocycles. The van der Waals surface area contributed by atoms with Crippen molar-refractivity contribution in [3.63, 3.8) is 0 Å². The lowest BCUT2D eigenvalue weighted by Gasteiger charge is -2.33. The van der Waals surface area contributed by atoms with Crippen molar-refractivity contribution < 1.29 is 0 Å². The van der Waals surface area contributed by atoms with Gasteiger partial charge in [-0.05, 0) is 19.2 Å². The van der Waals surface area contributed by atoms with Crippen LogP contribution in [-0.2, 0) is 0 Å². The van der Waals surface area contributed by atoms with Crippen LogP contribution >= 0.6 is 0 Å². The average molecular weight is 294 g/mol. The highest BCUT2D eigenvalue weighted by Crippen LogP contribution is 2.20. The Morgan fingerprint density at radius 3 is 2.64 bits per heavy atom. The second-order valence-electron chi connectivity index (χ2n) is 5.66. The first-order chi connectivity index (χ1) is 10.8.